The quantitative estimate of drug-likeness (QED) is 0.869. The van der Waals surface area contributed by atoms with Gasteiger partial charge in [0.05, 0.1) is 0 Å². The Morgan fingerprint density at radius 1 is 1.53 bits per heavy atom. The van der Waals surface area contributed by atoms with Gasteiger partial charge in [-0.15, -0.1) is 0 Å². The Morgan fingerprint density at radius 2 is 2.35 bits per heavy atom. The van der Waals surface area contributed by atoms with Crippen molar-refractivity contribution in [3.63, 3.8) is 0 Å². The van der Waals surface area contributed by atoms with E-state index in [1.165, 1.54) is 44.3 Å². The lowest BCUT2D eigenvalue weighted by Gasteiger charge is -2.24. The van der Waals surface area contributed by atoms with Crippen LogP contribution in [0.1, 0.15) is 49.8 Å². The molecule has 1 atom stereocenters. The molecule has 0 amide bonds. The van der Waals surface area contributed by atoms with Crippen molar-refractivity contribution in [2.75, 3.05) is 18.8 Å². The van der Waals surface area contributed by atoms with Gasteiger partial charge in [-0.1, -0.05) is 13.3 Å². The fraction of sp³-hybridized carbons (Fsp3) is 0.643. The summed E-state index contributed by atoms with van der Waals surface area (Å²) in [7, 11) is 0. The van der Waals surface area contributed by atoms with Crippen LogP contribution in [0.4, 0.5) is 5.82 Å². The van der Waals surface area contributed by atoms with Gasteiger partial charge in [0.15, 0.2) is 0 Å². The minimum absolute atomic E-state index is 0.563. The van der Waals surface area contributed by atoms with E-state index in [1.54, 1.807) is 0 Å². The third kappa shape index (κ3) is 2.78. The van der Waals surface area contributed by atoms with E-state index in [-0.39, 0.29) is 0 Å². The van der Waals surface area contributed by atoms with Crippen LogP contribution in [0.5, 0.6) is 0 Å². The highest BCUT2D eigenvalue weighted by Gasteiger charge is 2.25. The second-order valence-corrected chi connectivity index (χ2v) is 5.02. The molecule has 0 aromatic carbocycles. The van der Waals surface area contributed by atoms with Gasteiger partial charge in [0.1, 0.15) is 5.82 Å². The summed E-state index contributed by atoms with van der Waals surface area (Å²) in [5, 5.41) is 0. The van der Waals surface area contributed by atoms with Crippen molar-refractivity contribution in [3.8, 4) is 0 Å². The molecule has 2 heterocycles. The van der Waals surface area contributed by atoms with Gasteiger partial charge in [-0.2, -0.15) is 0 Å². The Bertz CT molecular complexity index is 376. The van der Waals surface area contributed by atoms with E-state index in [0.29, 0.717) is 11.9 Å². The standard InChI is InChI=1S/C14H23N3/c1-3-4-7-17-8-5-6-13(17)12-9-11(2)14(15)16-10-12/h9-10,13H,3-8H2,1-2H3,(H2,15,16)/t13-/m1/s1. The van der Waals surface area contributed by atoms with Gasteiger partial charge in [-0.3, -0.25) is 4.90 Å². The minimum Gasteiger partial charge on any atom is -0.383 e. The van der Waals surface area contributed by atoms with Gasteiger partial charge in [0.2, 0.25) is 0 Å². The lowest BCUT2D eigenvalue weighted by atomic mass is 10.0. The molecule has 2 rings (SSSR count). The van der Waals surface area contributed by atoms with Gasteiger partial charge < -0.3 is 5.73 Å². The molecule has 3 nitrogen and oxygen atoms in total. The van der Waals surface area contributed by atoms with Crippen molar-refractivity contribution in [2.45, 2.75) is 45.6 Å². The molecule has 0 spiro atoms. The van der Waals surface area contributed by atoms with Crippen LogP contribution >= 0.6 is 0 Å². The first kappa shape index (κ1) is 12.4. The van der Waals surface area contributed by atoms with Crippen LogP contribution in [-0.4, -0.2) is 23.0 Å². The second kappa shape index (κ2) is 5.50. The lowest BCUT2D eigenvalue weighted by molar-refractivity contribution is 0.253. The number of rotatable bonds is 4. The van der Waals surface area contributed by atoms with Crippen LogP contribution in [0, 0.1) is 6.92 Å². The smallest absolute Gasteiger partial charge is 0.126 e. The molecule has 94 valence electrons. The number of aromatic nitrogens is 1. The second-order valence-electron chi connectivity index (χ2n) is 5.02. The van der Waals surface area contributed by atoms with Gasteiger partial charge in [0, 0.05) is 12.2 Å². The number of nitrogen functional groups attached to an aromatic ring is 1. The zero-order chi connectivity index (χ0) is 12.3. The number of hydrogen-bond donors (Lipinski definition) is 1. The average molecular weight is 233 g/mol. The Kier molecular flexibility index (Phi) is 4.00. The van der Waals surface area contributed by atoms with Crippen LogP contribution in [0.15, 0.2) is 12.3 Å². The predicted molar refractivity (Wildman–Crippen MR) is 71.8 cm³/mol. The number of unbranched alkanes of at least 4 members (excludes halogenated alkanes) is 1. The number of nitrogens with two attached hydrogens (primary N) is 1. The predicted octanol–water partition coefficient (Wildman–Crippen LogP) is 2.91. The molecule has 0 aliphatic carbocycles. The van der Waals surface area contributed by atoms with Crippen molar-refractivity contribution in [1.29, 1.82) is 0 Å². The summed E-state index contributed by atoms with van der Waals surface area (Å²) in [6.45, 7) is 6.73. The number of nitrogens with zero attached hydrogens (tertiary/aromatic N) is 2. The van der Waals surface area contributed by atoms with Gasteiger partial charge in [-0.05, 0) is 56.5 Å². The first-order valence-corrected chi connectivity index (χ1v) is 6.68. The Balaban J connectivity index is 2.11. The highest BCUT2D eigenvalue weighted by molar-refractivity contribution is 5.40. The number of likely N-dealkylation sites (tertiary alicyclic amines) is 1. The van der Waals surface area contributed by atoms with Crippen LogP contribution in [-0.2, 0) is 0 Å². The average Bonchev–Trinajstić information content (AvgIpc) is 2.78. The van der Waals surface area contributed by atoms with Crippen LogP contribution in [0.3, 0.4) is 0 Å². The Hall–Kier alpha value is -1.09. The van der Waals surface area contributed by atoms with Crippen molar-refractivity contribution in [2.24, 2.45) is 0 Å². The lowest BCUT2D eigenvalue weighted by Crippen LogP contribution is -2.24. The van der Waals surface area contributed by atoms with Crippen molar-refractivity contribution < 1.29 is 0 Å². The molecule has 0 bridgehead atoms. The van der Waals surface area contributed by atoms with Gasteiger partial charge in [-0.25, -0.2) is 4.98 Å². The fourth-order valence-electron chi connectivity index (χ4n) is 2.62. The largest absolute Gasteiger partial charge is 0.383 e. The van der Waals surface area contributed by atoms with Crippen LogP contribution < -0.4 is 5.73 Å². The molecular weight excluding hydrogens is 210 g/mol. The molecule has 3 heteroatoms. The van der Waals surface area contributed by atoms with Gasteiger partial charge >= 0.3 is 0 Å². The normalized spacial score (nSPS) is 20.9. The number of pyridine rings is 1. The summed E-state index contributed by atoms with van der Waals surface area (Å²) in [5.74, 6) is 0.659. The maximum absolute atomic E-state index is 5.78. The summed E-state index contributed by atoms with van der Waals surface area (Å²) in [5.41, 5.74) is 8.22. The molecule has 1 saturated heterocycles. The molecule has 1 aromatic heterocycles. The van der Waals surface area contributed by atoms with Crippen molar-refractivity contribution in [1.82, 2.24) is 9.88 Å². The Labute approximate surface area is 104 Å². The molecule has 1 aromatic rings. The molecule has 17 heavy (non-hydrogen) atoms. The summed E-state index contributed by atoms with van der Waals surface area (Å²) < 4.78 is 0. The highest BCUT2D eigenvalue weighted by Crippen LogP contribution is 2.32. The summed E-state index contributed by atoms with van der Waals surface area (Å²) in [6, 6.07) is 2.77. The molecule has 0 saturated carbocycles. The SMILES string of the molecule is CCCCN1CCC[C@@H]1c1cnc(N)c(C)c1. The summed E-state index contributed by atoms with van der Waals surface area (Å²) in [4.78, 5) is 6.88. The summed E-state index contributed by atoms with van der Waals surface area (Å²) >= 11 is 0. The first-order chi connectivity index (χ1) is 8.22. The van der Waals surface area contributed by atoms with E-state index >= 15 is 0 Å². The highest BCUT2D eigenvalue weighted by atomic mass is 15.2. The van der Waals surface area contributed by atoms with Crippen molar-refractivity contribution >= 4 is 5.82 Å². The minimum atomic E-state index is 0.563. The van der Waals surface area contributed by atoms with E-state index in [9.17, 15) is 0 Å². The van der Waals surface area contributed by atoms with Gasteiger partial charge in [0.25, 0.3) is 0 Å². The zero-order valence-electron chi connectivity index (χ0n) is 10.9. The maximum atomic E-state index is 5.78. The van der Waals surface area contributed by atoms with E-state index < -0.39 is 0 Å². The Morgan fingerprint density at radius 3 is 3.06 bits per heavy atom. The summed E-state index contributed by atoms with van der Waals surface area (Å²) in [6.07, 6.45) is 7.07. The van der Waals surface area contributed by atoms with Crippen LogP contribution in [0.25, 0.3) is 0 Å². The molecular formula is C14H23N3. The molecule has 1 fully saturated rings. The van der Waals surface area contributed by atoms with E-state index in [0.717, 1.165) is 5.56 Å². The molecule has 0 unspecified atom stereocenters. The third-order valence-corrected chi connectivity index (χ3v) is 3.69. The van der Waals surface area contributed by atoms with Crippen LogP contribution in [0.2, 0.25) is 0 Å². The number of aryl methyl sites for hydroxylation is 1. The first-order valence-electron chi connectivity index (χ1n) is 6.68. The van der Waals surface area contributed by atoms with E-state index in [2.05, 4.69) is 22.9 Å². The molecule has 1 aliphatic rings. The number of anilines is 1. The topological polar surface area (TPSA) is 42.2 Å². The monoisotopic (exact) mass is 233 g/mol. The number of hydrogen-bond acceptors (Lipinski definition) is 3. The zero-order valence-corrected chi connectivity index (χ0v) is 10.9. The molecule has 0 radical (unpaired) electrons. The fourth-order valence-corrected chi connectivity index (χ4v) is 2.62. The third-order valence-electron chi connectivity index (χ3n) is 3.69. The molecule has 2 N–H and O–H groups in total. The maximum Gasteiger partial charge on any atom is 0.126 e. The van der Waals surface area contributed by atoms with Crippen molar-refractivity contribution in [3.05, 3.63) is 23.4 Å². The molecule has 1 aliphatic heterocycles. The van der Waals surface area contributed by atoms with E-state index in [4.69, 9.17) is 5.73 Å². The van der Waals surface area contributed by atoms with E-state index in [1.807, 2.05) is 13.1 Å².